The second kappa shape index (κ2) is 4.43. The molecular weight excluding hydrogens is 206 g/mol. The Hall–Kier alpha value is -1.71. The van der Waals surface area contributed by atoms with E-state index in [2.05, 4.69) is 0 Å². The molecule has 0 aliphatic rings. The molecule has 0 bridgehead atoms. The number of carboxylic acids is 1. The summed E-state index contributed by atoms with van der Waals surface area (Å²) in [5, 5.41) is 18.4. The van der Waals surface area contributed by atoms with Crippen LogP contribution in [0.2, 0.25) is 0 Å². The average Bonchev–Trinajstić information content (AvgIpc) is 2.27. The Kier molecular flexibility index (Phi) is 3.42. The molecule has 16 heavy (non-hydrogen) atoms. The third-order valence-corrected chi connectivity index (χ3v) is 3.13. The maximum absolute atomic E-state index is 11.2. The number of anilines is 1. The van der Waals surface area contributed by atoms with E-state index in [-0.39, 0.29) is 5.75 Å². The largest absolute Gasteiger partial charge is 0.508 e. The van der Waals surface area contributed by atoms with Crippen LogP contribution < -0.4 is 4.90 Å². The van der Waals surface area contributed by atoms with E-state index in [9.17, 15) is 15.0 Å². The number of carboxylic acid groups (broad SMARTS) is 1. The monoisotopic (exact) mass is 223 g/mol. The van der Waals surface area contributed by atoms with Crippen LogP contribution in [0.5, 0.6) is 5.75 Å². The number of phenolic OH excluding ortho intramolecular Hbond substituents is 1. The minimum Gasteiger partial charge on any atom is -0.508 e. The van der Waals surface area contributed by atoms with Gasteiger partial charge >= 0.3 is 5.97 Å². The summed E-state index contributed by atoms with van der Waals surface area (Å²) in [5.74, 6) is -0.684. The van der Waals surface area contributed by atoms with Crippen molar-refractivity contribution in [3.63, 3.8) is 0 Å². The van der Waals surface area contributed by atoms with Crippen molar-refractivity contribution in [3.05, 3.63) is 24.3 Å². The van der Waals surface area contributed by atoms with Crippen LogP contribution in [0.4, 0.5) is 5.69 Å². The molecule has 1 aromatic rings. The van der Waals surface area contributed by atoms with Crippen LogP contribution in [0.15, 0.2) is 24.3 Å². The van der Waals surface area contributed by atoms with Gasteiger partial charge in [0.25, 0.3) is 0 Å². The highest BCUT2D eigenvalue weighted by molar-refractivity contribution is 5.82. The zero-order chi connectivity index (χ0) is 12.3. The lowest BCUT2D eigenvalue weighted by Gasteiger charge is -2.36. The molecule has 0 fully saturated rings. The van der Waals surface area contributed by atoms with Gasteiger partial charge in [-0.2, -0.15) is 0 Å². The molecule has 2 N–H and O–H groups in total. The number of phenols is 1. The first-order valence-corrected chi connectivity index (χ1v) is 5.18. The average molecular weight is 223 g/mol. The second-order valence-electron chi connectivity index (χ2n) is 4.01. The number of nitrogens with zero attached hydrogens (tertiary/aromatic N) is 1. The molecule has 1 atom stereocenters. The highest BCUT2D eigenvalue weighted by Gasteiger charge is 2.35. The number of likely N-dealkylation sites (N-methyl/N-ethyl adjacent to an activating group) is 1. The highest BCUT2D eigenvalue weighted by atomic mass is 16.4. The Balaban J connectivity index is 3.04. The lowest BCUT2D eigenvalue weighted by Crippen LogP contribution is -2.50. The van der Waals surface area contributed by atoms with E-state index in [1.165, 1.54) is 0 Å². The Bertz CT molecular complexity index is 374. The molecule has 1 aromatic carbocycles. The Morgan fingerprint density at radius 2 is 1.88 bits per heavy atom. The minimum atomic E-state index is -0.934. The fourth-order valence-electron chi connectivity index (χ4n) is 1.49. The SMILES string of the molecule is CC[C@@](C)(C(=O)O)N(C)c1ccc(O)cc1. The number of hydrogen-bond donors (Lipinski definition) is 2. The number of rotatable bonds is 4. The van der Waals surface area contributed by atoms with Crippen molar-refractivity contribution in [2.24, 2.45) is 0 Å². The van der Waals surface area contributed by atoms with Crippen molar-refractivity contribution in [2.45, 2.75) is 25.8 Å². The molecule has 0 spiro atoms. The molecule has 0 unspecified atom stereocenters. The molecule has 4 heteroatoms. The van der Waals surface area contributed by atoms with Crippen molar-refractivity contribution in [1.82, 2.24) is 0 Å². The standard InChI is InChI=1S/C12H17NO3/c1-4-12(2,11(15)16)13(3)9-5-7-10(14)8-6-9/h5-8,14H,4H2,1-3H3,(H,15,16)/t12-/m0/s1. The topological polar surface area (TPSA) is 60.8 Å². The first kappa shape index (κ1) is 12.4. The van der Waals surface area contributed by atoms with E-state index in [4.69, 9.17) is 0 Å². The Morgan fingerprint density at radius 3 is 2.25 bits per heavy atom. The van der Waals surface area contributed by atoms with Gasteiger partial charge in [-0.15, -0.1) is 0 Å². The van der Waals surface area contributed by atoms with Gasteiger partial charge in [0, 0.05) is 12.7 Å². The maximum atomic E-state index is 11.2. The summed E-state index contributed by atoms with van der Waals surface area (Å²) < 4.78 is 0. The lowest BCUT2D eigenvalue weighted by atomic mass is 9.96. The van der Waals surface area contributed by atoms with Gasteiger partial charge in [-0.1, -0.05) is 6.92 Å². The van der Waals surface area contributed by atoms with E-state index < -0.39 is 11.5 Å². The smallest absolute Gasteiger partial charge is 0.329 e. The van der Waals surface area contributed by atoms with Gasteiger partial charge in [-0.3, -0.25) is 0 Å². The van der Waals surface area contributed by atoms with Crippen LogP contribution in [0.1, 0.15) is 20.3 Å². The lowest BCUT2D eigenvalue weighted by molar-refractivity contribution is -0.142. The van der Waals surface area contributed by atoms with Gasteiger partial charge in [0.05, 0.1) is 0 Å². The molecule has 0 saturated carbocycles. The van der Waals surface area contributed by atoms with Crippen LogP contribution in [0, 0.1) is 0 Å². The second-order valence-corrected chi connectivity index (χ2v) is 4.01. The predicted octanol–water partition coefficient (Wildman–Crippen LogP) is 2.08. The van der Waals surface area contributed by atoms with Crippen molar-refractivity contribution < 1.29 is 15.0 Å². The van der Waals surface area contributed by atoms with E-state index in [0.29, 0.717) is 6.42 Å². The molecule has 0 heterocycles. The van der Waals surface area contributed by atoms with E-state index in [1.54, 1.807) is 43.1 Å². The molecule has 0 aliphatic carbocycles. The maximum Gasteiger partial charge on any atom is 0.329 e. The van der Waals surface area contributed by atoms with Crippen LogP contribution in [-0.4, -0.2) is 28.8 Å². The van der Waals surface area contributed by atoms with Gasteiger partial charge in [-0.25, -0.2) is 4.79 Å². The normalized spacial score (nSPS) is 14.2. The summed E-state index contributed by atoms with van der Waals surface area (Å²) in [7, 11) is 1.74. The molecule has 0 aromatic heterocycles. The van der Waals surface area contributed by atoms with Crippen LogP contribution in [-0.2, 0) is 4.79 Å². The fourth-order valence-corrected chi connectivity index (χ4v) is 1.49. The summed E-state index contributed by atoms with van der Waals surface area (Å²) in [6.07, 6.45) is 0.500. The fraction of sp³-hybridized carbons (Fsp3) is 0.417. The first-order valence-electron chi connectivity index (χ1n) is 5.18. The Morgan fingerprint density at radius 1 is 1.38 bits per heavy atom. The van der Waals surface area contributed by atoms with Gasteiger partial charge in [0.1, 0.15) is 11.3 Å². The first-order chi connectivity index (χ1) is 7.41. The summed E-state index contributed by atoms with van der Waals surface area (Å²) in [6, 6.07) is 6.49. The summed E-state index contributed by atoms with van der Waals surface area (Å²) in [4.78, 5) is 12.9. The number of hydrogen-bond acceptors (Lipinski definition) is 3. The zero-order valence-corrected chi connectivity index (χ0v) is 9.77. The highest BCUT2D eigenvalue weighted by Crippen LogP contribution is 2.26. The minimum absolute atomic E-state index is 0.172. The zero-order valence-electron chi connectivity index (χ0n) is 9.77. The van der Waals surface area contributed by atoms with Gasteiger partial charge in [0.2, 0.25) is 0 Å². The molecule has 88 valence electrons. The molecule has 0 aliphatic heterocycles. The quantitative estimate of drug-likeness (QED) is 0.820. The molecule has 0 radical (unpaired) electrons. The third kappa shape index (κ3) is 2.10. The molecule has 4 nitrogen and oxygen atoms in total. The number of benzene rings is 1. The van der Waals surface area contributed by atoms with Crippen molar-refractivity contribution in [1.29, 1.82) is 0 Å². The van der Waals surface area contributed by atoms with Crippen molar-refractivity contribution in [3.8, 4) is 5.75 Å². The molecule has 1 rings (SSSR count). The van der Waals surface area contributed by atoms with Crippen molar-refractivity contribution >= 4 is 11.7 Å². The van der Waals surface area contributed by atoms with E-state index in [1.807, 2.05) is 6.92 Å². The molecule has 0 amide bonds. The van der Waals surface area contributed by atoms with Gasteiger partial charge < -0.3 is 15.1 Å². The van der Waals surface area contributed by atoms with Crippen LogP contribution in [0.3, 0.4) is 0 Å². The van der Waals surface area contributed by atoms with E-state index in [0.717, 1.165) is 5.69 Å². The Labute approximate surface area is 95.1 Å². The summed E-state index contributed by atoms with van der Waals surface area (Å²) in [6.45, 7) is 3.52. The number of aromatic hydroxyl groups is 1. The van der Waals surface area contributed by atoms with Crippen LogP contribution >= 0.6 is 0 Å². The third-order valence-electron chi connectivity index (χ3n) is 3.13. The molecule has 0 saturated heterocycles. The van der Waals surface area contributed by atoms with Gasteiger partial charge in [0.15, 0.2) is 0 Å². The van der Waals surface area contributed by atoms with Gasteiger partial charge in [-0.05, 0) is 37.6 Å². The number of aliphatic carboxylic acids is 1. The summed E-state index contributed by atoms with van der Waals surface area (Å²) in [5.41, 5.74) is -0.165. The number of carbonyl (C=O) groups is 1. The predicted molar refractivity (Wildman–Crippen MR) is 62.8 cm³/mol. The molecular formula is C12H17NO3. The van der Waals surface area contributed by atoms with E-state index >= 15 is 0 Å². The van der Waals surface area contributed by atoms with Crippen LogP contribution in [0.25, 0.3) is 0 Å². The summed E-state index contributed by atoms with van der Waals surface area (Å²) >= 11 is 0. The van der Waals surface area contributed by atoms with Crippen molar-refractivity contribution in [2.75, 3.05) is 11.9 Å².